The highest BCUT2D eigenvalue weighted by atomic mass is 16.2. The molecular weight excluding hydrogens is 318 g/mol. The van der Waals surface area contributed by atoms with Crippen molar-refractivity contribution in [2.45, 2.75) is 38.9 Å². The maximum absolute atomic E-state index is 12.3. The van der Waals surface area contributed by atoms with Crippen LogP contribution in [0.25, 0.3) is 11.0 Å². The van der Waals surface area contributed by atoms with E-state index in [0.29, 0.717) is 19.6 Å². The molecule has 0 unspecified atom stereocenters. The number of nitrogens with zero attached hydrogens (tertiary/aromatic N) is 3. The van der Waals surface area contributed by atoms with Crippen LogP contribution in [0.15, 0.2) is 24.3 Å². The van der Waals surface area contributed by atoms with E-state index in [9.17, 15) is 9.59 Å². The van der Waals surface area contributed by atoms with Crippen molar-refractivity contribution in [2.75, 3.05) is 20.1 Å². The fourth-order valence-corrected chi connectivity index (χ4v) is 3.41. The maximum atomic E-state index is 12.3. The molecule has 0 saturated carbocycles. The number of fused-ring (bicyclic) bond motifs is 1. The Morgan fingerprint density at radius 2 is 2.16 bits per heavy atom. The summed E-state index contributed by atoms with van der Waals surface area (Å²) in [7, 11) is 1.59. The summed E-state index contributed by atoms with van der Waals surface area (Å²) >= 11 is 0. The third kappa shape index (κ3) is 3.51. The Morgan fingerprint density at radius 3 is 2.88 bits per heavy atom. The summed E-state index contributed by atoms with van der Waals surface area (Å²) < 4.78 is 2.21. The Kier molecular flexibility index (Phi) is 5.03. The van der Waals surface area contributed by atoms with Gasteiger partial charge in [-0.1, -0.05) is 12.1 Å². The van der Waals surface area contributed by atoms with Gasteiger partial charge in [-0.05, 0) is 26.0 Å². The highest BCUT2D eigenvalue weighted by molar-refractivity contribution is 5.88. The van der Waals surface area contributed by atoms with Crippen LogP contribution in [-0.4, -0.2) is 52.4 Å². The van der Waals surface area contributed by atoms with Crippen molar-refractivity contribution in [1.29, 1.82) is 0 Å². The van der Waals surface area contributed by atoms with Crippen LogP contribution >= 0.6 is 0 Å². The molecule has 1 aromatic carbocycles. The first-order chi connectivity index (χ1) is 12.0. The lowest BCUT2D eigenvalue weighted by atomic mass is 10.1. The number of benzene rings is 1. The first-order valence-electron chi connectivity index (χ1n) is 8.69. The molecular formula is C18H25N5O2. The van der Waals surface area contributed by atoms with Crippen LogP contribution in [0.1, 0.15) is 32.1 Å². The van der Waals surface area contributed by atoms with Crippen molar-refractivity contribution < 1.29 is 9.59 Å². The molecule has 1 aliphatic rings. The number of para-hydroxylation sites is 2. The molecule has 2 aromatic rings. The van der Waals surface area contributed by atoms with Crippen LogP contribution in [0.3, 0.4) is 0 Å². The number of carbonyl (C=O) groups is 2. The number of rotatable bonds is 5. The van der Waals surface area contributed by atoms with Gasteiger partial charge in [-0.3, -0.25) is 14.5 Å². The van der Waals surface area contributed by atoms with E-state index < -0.39 is 6.04 Å². The van der Waals surface area contributed by atoms with Gasteiger partial charge in [0.1, 0.15) is 5.82 Å². The van der Waals surface area contributed by atoms with Crippen molar-refractivity contribution in [3.8, 4) is 0 Å². The molecule has 2 amide bonds. The topological polar surface area (TPSA) is 79.3 Å². The third-order valence-electron chi connectivity index (χ3n) is 4.63. The molecule has 0 radical (unpaired) electrons. The maximum Gasteiger partial charge on any atom is 0.237 e. The zero-order valence-corrected chi connectivity index (χ0v) is 15.0. The largest absolute Gasteiger partial charge is 0.359 e. The van der Waals surface area contributed by atoms with Crippen LogP contribution in [0.5, 0.6) is 0 Å². The minimum atomic E-state index is -0.464. The molecule has 0 bridgehead atoms. The van der Waals surface area contributed by atoms with Crippen molar-refractivity contribution in [3.63, 3.8) is 0 Å². The molecule has 7 heteroatoms. The van der Waals surface area contributed by atoms with Crippen LogP contribution in [-0.2, 0) is 16.1 Å². The zero-order chi connectivity index (χ0) is 18.0. The minimum Gasteiger partial charge on any atom is -0.359 e. The molecule has 1 aromatic heterocycles. The molecule has 1 aliphatic heterocycles. The van der Waals surface area contributed by atoms with Gasteiger partial charge in [-0.25, -0.2) is 4.98 Å². The molecule has 3 rings (SSSR count). The standard InChI is InChI=1S/C18H25N5O2/c1-12(2)23-14-7-5-4-6-13(14)21-16(23)11-22-9-8-20-18(25)15(22)10-17(24)19-3/h4-7,12,15H,8-11H2,1-3H3,(H,19,24)(H,20,25)/t15-/m0/s1. The predicted molar refractivity (Wildman–Crippen MR) is 96.0 cm³/mol. The molecule has 0 spiro atoms. The lowest BCUT2D eigenvalue weighted by Gasteiger charge is -2.34. The van der Waals surface area contributed by atoms with E-state index in [-0.39, 0.29) is 24.3 Å². The van der Waals surface area contributed by atoms with Crippen LogP contribution < -0.4 is 10.6 Å². The second kappa shape index (κ2) is 7.23. The number of piperazine rings is 1. The Labute approximate surface area is 147 Å². The second-order valence-corrected chi connectivity index (χ2v) is 6.64. The minimum absolute atomic E-state index is 0.0953. The Hall–Kier alpha value is -2.41. The SMILES string of the molecule is CNC(=O)C[C@H]1C(=O)NCCN1Cc1nc2ccccc2n1C(C)C. The van der Waals surface area contributed by atoms with Gasteiger partial charge in [0.2, 0.25) is 11.8 Å². The molecule has 1 saturated heterocycles. The fourth-order valence-electron chi connectivity index (χ4n) is 3.41. The number of aromatic nitrogens is 2. The van der Waals surface area contributed by atoms with Gasteiger partial charge < -0.3 is 15.2 Å². The summed E-state index contributed by atoms with van der Waals surface area (Å²) in [5, 5.41) is 5.46. The van der Waals surface area contributed by atoms with Gasteiger partial charge in [0, 0.05) is 26.2 Å². The molecule has 134 valence electrons. The monoisotopic (exact) mass is 343 g/mol. The number of hydrogen-bond acceptors (Lipinski definition) is 4. The van der Waals surface area contributed by atoms with Crippen LogP contribution in [0, 0.1) is 0 Å². The Morgan fingerprint density at radius 1 is 1.40 bits per heavy atom. The summed E-state index contributed by atoms with van der Waals surface area (Å²) in [6.07, 6.45) is 0.157. The lowest BCUT2D eigenvalue weighted by Crippen LogP contribution is -2.56. The molecule has 25 heavy (non-hydrogen) atoms. The smallest absolute Gasteiger partial charge is 0.237 e. The van der Waals surface area contributed by atoms with Gasteiger partial charge in [0.25, 0.3) is 0 Å². The van der Waals surface area contributed by atoms with E-state index >= 15 is 0 Å². The Bertz CT molecular complexity index is 783. The van der Waals surface area contributed by atoms with Gasteiger partial charge in [-0.2, -0.15) is 0 Å². The number of amides is 2. The van der Waals surface area contributed by atoms with Crippen molar-refractivity contribution >= 4 is 22.8 Å². The number of imidazole rings is 1. The van der Waals surface area contributed by atoms with E-state index in [1.807, 2.05) is 23.1 Å². The average Bonchev–Trinajstić information content (AvgIpc) is 2.95. The quantitative estimate of drug-likeness (QED) is 0.851. The molecule has 0 aliphatic carbocycles. The summed E-state index contributed by atoms with van der Waals surface area (Å²) in [6, 6.07) is 7.86. The van der Waals surface area contributed by atoms with Gasteiger partial charge >= 0.3 is 0 Å². The van der Waals surface area contributed by atoms with E-state index in [2.05, 4.69) is 35.1 Å². The van der Waals surface area contributed by atoms with Gasteiger partial charge in [-0.15, -0.1) is 0 Å². The van der Waals surface area contributed by atoms with Crippen LogP contribution in [0.2, 0.25) is 0 Å². The molecule has 1 fully saturated rings. The number of nitrogens with one attached hydrogen (secondary N) is 2. The Balaban J connectivity index is 1.91. The molecule has 2 heterocycles. The van der Waals surface area contributed by atoms with E-state index in [0.717, 1.165) is 16.9 Å². The van der Waals surface area contributed by atoms with Crippen molar-refractivity contribution in [3.05, 3.63) is 30.1 Å². The van der Waals surface area contributed by atoms with Crippen molar-refractivity contribution in [2.24, 2.45) is 0 Å². The number of hydrogen-bond donors (Lipinski definition) is 2. The molecule has 1 atom stereocenters. The van der Waals surface area contributed by atoms with Crippen molar-refractivity contribution in [1.82, 2.24) is 25.1 Å². The summed E-state index contributed by atoms with van der Waals surface area (Å²) in [5.41, 5.74) is 2.05. The van der Waals surface area contributed by atoms with E-state index in [1.54, 1.807) is 7.05 Å². The highest BCUT2D eigenvalue weighted by Crippen LogP contribution is 2.23. The average molecular weight is 343 g/mol. The number of carbonyl (C=O) groups excluding carboxylic acids is 2. The first-order valence-corrected chi connectivity index (χ1v) is 8.69. The summed E-state index contributed by atoms with van der Waals surface area (Å²) in [5.74, 6) is 0.694. The second-order valence-electron chi connectivity index (χ2n) is 6.64. The van der Waals surface area contributed by atoms with E-state index in [4.69, 9.17) is 4.98 Å². The summed E-state index contributed by atoms with van der Waals surface area (Å²) in [6.45, 7) is 6.09. The van der Waals surface area contributed by atoms with Gasteiger partial charge in [0.05, 0.1) is 30.0 Å². The third-order valence-corrected chi connectivity index (χ3v) is 4.63. The summed E-state index contributed by atoms with van der Waals surface area (Å²) in [4.78, 5) is 30.9. The van der Waals surface area contributed by atoms with Crippen LogP contribution in [0.4, 0.5) is 0 Å². The van der Waals surface area contributed by atoms with Gasteiger partial charge in [0.15, 0.2) is 0 Å². The highest BCUT2D eigenvalue weighted by Gasteiger charge is 2.32. The lowest BCUT2D eigenvalue weighted by molar-refractivity contribution is -0.134. The predicted octanol–water partition coefficient (Wildman–Crippen LogP) is 1.05. The van der Waals surface area contributed by atoms with E-state index in [1.165, 1.54) is 0 Å². The molecule has 7 nitrogen and oxygen atoms in total. The fraction of sp³-hybridized carbons (Fsp3) is 0.500. The zero-order valence-electron chi connectivity index (χ0n) is 15.0. The normalized spacial score (nSPS) is 18.6. The first kappa shape index (κ1) is 17.4. The molecule has 2 N–H and O–H groups in total.